The standard InChI is InChI=1S/C14H11ClFNO3/c15-9-3-1-8(2-4-9)7-20-11-6-5-10(16)13(17)12(11)14(18)19/h1-6H,7,17H2,(H,18,19). The second kappa shape index (κ2) is 5.79. The van der Waals surface area contributed by atoms with E-state index in [0.29, 0.717) is 5.02 Å². The number of nitrogens with two attached hydrogens (primary N) is 1. The predicted octanol–water partition coefficient (Wildman–Crippen LogP) is 3.34. The van der Waals surface area contributed by atoms with Gasteiger partial charge in [-0.2, -0.15) is 0 Å². The van der Waals surface area contributed by atoms with Gasteiger partial charge in [0.25, 0.3) is 0 Å². The third kappa shape index (κ3) is 3.00. The molecule has 0 radical (unpaired) electrons. The average molecular weight is 296 g/mol. The number of benzene rings is 2. The zero-order valence-electron chi connectivity index (χ0n) is 10.3. The number of anilines is 1. The molecule has 20 heavy (non-hydrogen) atoms. The van der Waals surface area contributed by atoms with Gasteiger partial charge in [0.15, 0.2) is 0 Å². The first kappa shape index (κ1) is 14.1. The Morgan fingerprint density at radius 2 is 1.90 bits per heavy atom. The third-order valence-corrected chi connectivity index (χ3v) is 2.93. The zero-order valence-corrected chi connectivity index (χ0v) is 11.0. The molecule has 6 heteroatoms. The van der Waals surface area contributed by atoms with Gasteiger partial charge in [0.1, 0.15) is 23.7 Å². The van der Waals surface area contributed by atoms with Gasteiger partial charge < -0.3 is 15.6 Å². The van der Waals surface area contributed by atoms with Gasteiger partial charge in [0, 0.05) is 5.02 Å². The van der Waals surface area contributed by atoms with E-state index in [1.807, 2.05) is 0 Å². The van der Waals surface area contributed by atoms with E-state index in [1.54, 1.807) is 24.3 Å². The molecule has 0 spiro atoms. The lowest BCUT2D eigenvalue weighted by molar-refractivity contribution is 0.0692. The lowest BCUT2D eigenvalue weighted by Gasteiger charge is -2.11. The molecular formula is C14H11ClFNO3. The van der Waals surface area contributed by atoms with Gasteiger partial charge in [-0.05, 0) is 29.8 Å². The molecular weight excluding hydrogens is 285 g/mol. The third-order valence-electron chi connectivity index (χ3n) is 2.68. The zero-order chi connectivity index (χ0) is 14.7. The minimum absolute atomic E-state index is 0.0198. The topological polar surface area (TPSA) is 72.5 Å². The Labute approximate surface area is 119 Å². The van der Waals surface area contributed by atoms with Crippen molar-refractivity contribution in [3.8, 4) is 5.75 Å². The van der Waals surface area contributed by atoms with Crippen LogP contribution in [-0.4, -0.2) is 11.1 Å². The van der Waals surface area contributed by atoms with Crippen molar-refractivity contribution in [2.45, 2.75) is 6.61 Å². The van der Waals surface area contributed by atoms with E-state index in [-0.39, 0.29) is 17.9 Å². The quantitative estimate of drug-likeness (QED) is 0.849. The van der Waals surface area contributed by atoms with E-state index < -0.39 is 17.5 Å². The molecule has 4 nitrogen and oxygen atoms in total. The van der Waals surface area contributed by atoms with Crippen molar-refractivity contribution in [1.82, 2.24) is 0 Å². The molecule has 2 aromatic rings. The van der Waals surface area contributed by atoms with Crippen molar-refractivity contribution in [1.29, 1.82) is 0 Å². The van der Waals surface area contributed by atoms with E-state index in [2.05, 4.69) is 0 Å². The maximum absolute atomic E-state index is 13.3. The molecule has 0 aliphatic heterocycles. The summed E-state index contributed by atoms with van der Waals surface area (Å²) in [5.41, 5.74) is 5.40. The summed E-state index contributed by atoms with van der Waals surface area (Å²) in [5.74, 6) is -2.11. The van der Waals surface area contributed by atoms with Gasteiger partial charge in [-0.3, -0.25) is 0 Å². The normalized spacial score (nSPS) is 10.3. The number of halogens is 2. The second-order valence-corrected chi connectivity index (χ2v) is 4.49. The highest BCUT2D eigenvalue weighted by Gasteiger charge is 2.18. The van der Waals surface area contributed by atoms with E-state index >= 15 is 0 Å². The van der Waals surface area contributed by atoms with Crippen LogP contribution in [0.4, 0.5) is 10.1 Å². The fraction of sp³-hybridized carbons (Fsp3) is 0.0714. The lowest BCUT2D eigenvalue weighted by Crippen LogP contribution is -2.08. The molecule has 0 amide bonds. The molecule has 0 aliphatic rings. The Morgan fingerprint density at radius 1 is 1.25 bits per heavy atom. The van der Waals surface area contributed by atoms with Crippen molar-refractivity contribution < 1.29 is 19.0 Å². The number of nitrogen functional groups attached to an aromatic ring is 1. The summed E-state index contributed by atoms with van der Waals surface area (Å²) in [5, 5.41) is 9.65. The van der Waals surface area contributed by atoms with Gasteiger partial charge >= 0.3 is 5.97 Å². The minimum Gasteiger partial charge on any atom is -0.488 e. The Balaban J connectivity index is 2.23. The van der Waals surface area contributed by atoms with E-state index in [1.165, 1.54) is 6.07 Å². The molecule has 0 atom stereocenters. The minimum atomic E-state index is -1.34. The number of carboxylic acids is 1. The fourth-order valence-corrected chi connectivity index (χ4v) is 1.78. The van der Waals surface area contributed by atoms with Crippen LogP contribution in [-0.2, 0) is 6.61 Å². The van der Waals surface area contributed by atoms with Gasteiger partial charge in [0.2, 0.25) is 0 Å². The van der Waals surface area contributed by atoms with Crippen LogP contribution in [0.3, 0.4) is 0 Å². The van der Waals surface area contributed by atoms with Gasteiger partial charge in [-0.25, -0.2) is 9.18 Å². The van der Waals surface area contributed by atoms with Crippen LogP contribution in [0, 0.1) is 5.82 Å². The van der Waals surface area contributed by atoms with Crippen LogP contribution in [0.1, 0.15) is 15.9 Å². The van der Waals surface area contributed by atoms with E-state index in [9.17, 15) is 9.18 Å². The number of aromatic carboxylic acids is 1. The lowest BCUT2D eigenvalue weighted by atomic mass is 10.1. The molecule has 0 heterocycles. The molecule has 0 bridgehead atoms. The van der Waals surface area contributed by atoms with Crippen molar-refractivity contribution in [3.63, 3.8) is 0 Å². The Bertz CT molecular complexity index is 644. The van der Waals surface area contributed by atoms with Crippen LogP contribution < -0.4 is 10.5 Å². The highest BCUT2D eigenvalue weighted by atomic mass is 35.5. The van der Waals surface area contributed by atoms with Gasteiger partial charge in [-0.1, -0.05) is 23.7 Å². The number of hydrogen-bond donors (Lipinski definition) is 2. The van der Waals surface area contributed by atoms with Crippen molar-refractivity contribution in [2.24, 2.45) is 0 Å². The Hall–Kier alpha value is -2.27. The molecule has 0 saturated carbocycles. The molecule has 0 saturated heterocycles. The summed E-state index contributed by atoms with van der Waals surface area (Å²) in [7, 11) is 0. The van der Waals surface area contributed by atoms with Crippen LogP contribution >= 0.6 is 11.6 Å². The summed E-state index contributed by atoms with van der Waals surface area (Å²) in [6.07, 6.45) is 0. The van der Waals surface area contributed by atoms with Crippen molar-refractivity contribution in [3.05, 3.63) is 58.4 Å². The maximum atomic E-state index is 13.3. The first-order valence-corrected chi connectivity index (χ1v) is 6.05. The molecule has 2 aromatic carbocycles. The molecule has 0 unspecified atom stereocenters. The largest absolute Gasteiger partial charge is 0.488 e. The summed E-state index contributed by atoms with van der Waals surface area (Å²) in [6.45, 7) is 0.128. The smallest absolute Gasteiger partial charge is 0.341 e. The van der Waals surface area contributed by atoms with Crippen LogP contribution in [0.15, 0.2) is 36.4 Å². The molecule has 3 N–H and O–H groups in total. The highest BCUT2D eigenvalue weighted by Crippen LogP contribution is 2.27. The second-order valence-electron chi connectivity index (χ2n) is 4.05. The van der Waals surface area contributed by atoms with Crippen LogP contribution in [0.2, 0.25) is 5.02 Å². The maximum Gasteiger partial charge on any atom is 0.341 e. The molecule has 0 fully saturated rings. The Kier molecular flexibility index (Phi) is 4.10. The number of hydrogen-bond acceptors (Lipinski definition) is 3. The van der Waals surface area contributed by atoms with E-state index in [0.717, 1.165) is 11.6 Å². The average Bonchev–Trinajstić information content (AvgIpc) is 2.41. The summed E-state index contributed by atoms with van der Waals surface area (Å²) in [6, 6.07) is 9.18. The molecule has 2 rings (SSSR count). The highest BCUT2D eigenvalue weighted by molar-refractivity contribution is 6.30. The van der Waals surface area contributed by atoms with Crippen molar-refractivity contribution in [2.75, 3.05) is 5.73 Å². The molecule has 0 aromatic heterocycles. The monoisotopic (exact) mass is 295 g/mol. The molecule has 0 aliphatic carbocycles. The van der Waals surface area contributed by atoms with Gasteiger partial charge in [-0.15, -0.1) is 0 Å². The number of rotatable bonds is 4. The first-order valence-electron chi connectivity index (χ1n) is 5.67. The van der Waals surface area contributed by atoms with Crippen LogP contribution in [0.5, 0.6) is 5.75 Å². The summed E-state index contributed by atoms with van der Waals surface area (Å²) in [4.78, 5) is 11.1. The number of carbonyl (C=O) groups is 1. The number of carboxylic acid groups (broad SMARTS) is 1. The SMILES string of the molecule is Nc1c(F)ccc(OCc2ccc(Cl)cc2)c1C(=O)O. The first-order chi connectivity index (χ1) is 9.49. The van der Waals surface area contributed by atoms with Crippen LogP contribution in [0.25, 0.3) is 0 Å². The fourth-order valence-electron chi connectivity index (χ4n) is 1.66. The van der Waals surface area contributed by atoms with E-state index in [4.69, 9.17) is 27.2 Å². The number of ether oxygens (including phenoxy) is 1. The van der Waals surface area contributed by atoms with Crippen molar-refractivity contribution >= 4 is 23.3 Å². The summed E-state index contributed by atoms with van der Waals surface area (Å²) < 4.78 is 18.7. The van der Waals surface area contributed by atoms with Gasteiger partial charge in [0.05, 0.1) is 5.69 Å². The summed E-state index contributed by atoms with van der Waals surface area (Å²) >= 11 is 5.76. The molecule has 104 valence electrons. The Morgan fingerprint density at radius 3 is 2.50 bits per heavy atom. The predicted molar refractivity (Wildman–Crippen MR) is 73.6 cm³/mol.